The number of halogens is 3. The van der Waals surface area contributed by atoms with Crippen molar-refractivity contribution in [1.29, 1.82) is 0 Å². The van der Waals surface area contributed by atoms with E-state index in [1.165, 1.54) is 17.0 Å². The van der Waals surface area contributed by atoms with Gasteiger partial charge in [0.1, 0.15) is 5.54 Å². The van der Waals surface area contributed by atoms with E-state index in [0.29, 0.717) is 44.2 Å². The van der Waals surface area contributed by atoms with Gasteiger partial charge in [-0.05, 0) is 82.8 Å². The Morgan fingerprint density at radius 2 is 1.86 bits per heavy atom. The number of amides is 3. The van der Waals surface area contributed by atoms with Crippen LogP contribution >= 0.6 is 0 Å². The van der Waals surface area contributed by atoms with Crippen LogP contribution in [0.4, 0.5) is 18.0 Å². The van der Waals surface area contributed by atoms with E-state index >= 15 is 0 Å². The van der Waals surface area contributed by atoms with Crippen LogP contribution in [0.25, 0.3) is 0 Å². The highest BCUT2D eigenvalue weighted by Gasteiger charge is 2.55. The van der Waals surface area contributed by atoms with Gasteiger partial charge in [0.05, 0.1) is 5.56 Å². The smallest absolute Gasteiger partial charge is 0.323 e. The number of carbonyl (C=O) groups is 2. The molecule has 0 radical (unpaired) electrons. The van der Waals surface area contributed by atoms with E-state index in [1.807, 2.05) is 6.92 Å². The second-order valence-electron chi connectivity index (χ2n) is 10.4. The number of nitrogens with one attached hydrogen (secondary N) is 1. The van der Waals surface area contributed by atoms with E-state index < -0.39 is 17.3 Å². The summed E-state index contributed by atoms with van der Waals surface area (Å²) in [5.74, 6) is -0.0721. The molecule has 3 heterocycles. The Kier molecular flexibility index (Phi) is 7.76. The van der Waals surface area contributed by atoms with Crippen LogP contribution < -0.4 is 5.32 Å². The van der Waals surface area contributed by atoms with Gasteiger partial charge in [0.25, 0.3) is 5.91 Å². The molecule has 35 heavy (non-hydrogen) atoms. The quantitative estimate of drug-likeness (QED) is 0.541. The SMILES string of the molecule is CCC[C@]1(C2CCN(Cc3cccc(C(F)(F)F)c3)CC2)NC(=O)N(CC[C@H]2CCCN2C)C1=O. The third kappa shape index (κ3) is 5.50. The molecule has 3 fully saturated rings. The van der Waals surface area contributed by atoms with E-state index in [9.17, 15) is 22.8 Å². The molecule has 1 aromatic carbocycles. The van der Waals surface area contributed by atoms with Gasteiger partial charge in [0, 0.05) is 19.1 Å². The molecule has 3 aliphatic heterocycles. The number of piperidine rings is 1. The first-order valence-electron chi connectivity index (χ1n) is 12.9. The van der Waals surface area contributed by atoms with Crippen molar-refractivity contribution in [2.75, 3.05) is 33.2 Å². The van der Waals surface area contributed by atoms with Crippen LogP contribution in [0.2, 0.25) is 0 Å². The number of urea groups is 1. The summed E-state index contributed by atoms with van der Waals surface area (Å²) in [6, 6.07) is 5.61. The molecule has 0 unspecified atom stereocenters. The van der Waals surface area contributed by atoms with Gasteiger partial charge in [-0.15, -0.1) is 0 Å². The Morgan fingerprint density at radius 1 is 1.11 bits per heavy atom. The standard InChI is InChI=1S/C26H37F3N4O2/c1-3-12-25(23(34)33(24(35)30-25)16-11-22-8-5-13-31(22)2)20-9-14-32(15-10-20)18-19-6-4-7-21(17-19)26(27,28)29/h4,6-7,17,20,22H,3,5,8-16,18H2,1-2H3,(H,30,35)/t22-,25-/m1/s1. The second-order valence-corrected chi connectivity index (χ2v) is 10.4. The van der Waals surface area contributed by atoms with E-state index in [0.717, 1.165) is 51.1 Å². The molecule has 3 amide bonds. The number of imide groups is 1. The number of alkyl halides is 3. The summed E-state index contributed by atoms with van der Waals surface area (Å²) in [6.45, 7) is 5.34. The monoisotopic (exact) mass is 494 g/mol. The van der Waals surface area contributed by atoms with Crippen LogP contribution in [0.3, 0.4) is 0 Å². The lowest BCUT2D eigenvalue weighted by Crippen LogP contribution is -2.56. The minimum absolute atomic E-state index is 0.0239. The van der Waals surface area contributed by atoms with Gasteiger partial charge in [-0.3, -0.25) is 14.6 Å². The predicted molar refractivity (Wildman–Crippen MR) is 128 cm³/mol. The summed E-state index contributed by atoms with van der Waals surface area (Å²) in [5.41, 5.74) is -0.861. The molecule has 0 spiro atoms. The largest absolute Gasteiger partial charge is 0.416 e. The topological polar surface area (TPSA) is 55.9 Å². The lowest BCUT2D eigenvalue weighted by Gasteiger charge is -2.41. The Hall–Kier alpha value is -2.13. The molecule has 2 atom stereocenters. The van der Waals surface area contributed by atoms with Crippen molar-refractivity contribution in [1.82, 2.24) is 20.0 Å². The summed E-state index contributed by atoms with van der Waals surface area (Å²) in [5, 5.41) is 3.09. The normalized spacial score (nSPS) is 27.1. The summed E-state index contributed by atoms with van der Waals surface area (Å²) in [6.07, 6.45) is 1.55. The zero-order valence-electron chi connectivity index (χ0n) is 20.7. The van der Waals surface area contributed by atoms with Crippen molar-refractivity contribution < 1.29 is 22.8 Å². The second kappa shape index (κ2) is 10.5. The van der Waals surface area contributed by atoms with Crippen molar-refractivity contribution in [3.63, 3.8) is 0 Å². The van der Waals surface area contributed by atoms with Crippen LogP contribution in [-0.2, 0) is 17.5 Å². The van der Waals surface area contributed by atoms with Crippen LogP contribution in [0.1, 0.15) is 63.0 Å². The summed E-state index contributed by atoms with van der Waals surface area (Å²) in [7, 11) is 2.10. The molecular formula is C26H37F3N4O2. The average molecular weight is 495 g/mol. The maximum atomic E-state index is 13.6. The molecule has 0 bridgehead atoms. The minimum atomic E-state index is -4.35. The molecule has 0 aromatic heterocycles. The number of carbonyl (C=O) groups excluding carboxylic acids is 2. The Morgan fingerprint density at radius 3 is 2.49 bits per heavy atom. The van der Waals surface area contributed by atoms with Crippen molar-refractivity contribution in [2.45, 2.75) is 76.2 Å². The fraction of sp³-hybridized carbons (Fsp3) is 0.692. The highest BCUT2D eigenvalue weighted by atomic mass is 19.4. The first-order valence-corrected chi connectivity index (χ1v) is 12.9. The maximum Gasteiger partial charge on any atom is 0.416 e. The van der Waals surface area contributed by atoms with Gasteiger partial charge in [0.15, 0.2) is 0 Å². The third-order valence-corrected chi connectivity index (χ3v) is 8.15. The Bertz CT molecular complexity index is 916. The van der Waals surface area contributed by atoms with Crippen LogP contribution in [-0.4, -0.2) is 71.4 Å². The van der Waals surface area contributed by atoms with Crippen molar-refractivity contribution in [2.24, 2.45) is 5.92 Å². The summed E-state index contributed by atoms with van der Waals surface area (Å²) in [4.78, 5) is 32.4. The predicted octanol–water partition coefficient (Wildman–Crippen LogP) is 4.49. The fourth-order valence-corrected chi connectivity index (χ4v) is 6.20. The molecule has 3 aliphatic rings. The lowest BCUT2D eigenvalue weighted by molar-refractivity contribution is -0.137. The van der Waals surface area contributed by atoms with Gasteiger partial charge < -0.3 is 10.2 Å². The first kappa shape index (κ1) is 25.9. The van der Waals surface area contributed by atoms with Crippen molar-refractivity contribution in [3.05, 3.63) is 35.4 Å². The van der Waals surface area contributed by atoms with Crippen LogP contribution in [0.15, 0.2) is 24.3 Å². The number of likely N-dealkylation sites (tertiary alicyclic amines) is 2. The number of benzene rings is 1. The van der Waals surface area contributed by atoms with E-state index in [4.69, 9.17) is 0 Å². The van der Waals surface area contributed by atoms with E-state index in [2.05, 4.69) is 22.2 Å². The molecule has 1 N–H and O–H groups in total. The summed E-state index contributed by atoms with van der Waals surface area (Å²) < 4.78 is 39.2. The minimum Gasteiger partial charge on any atom is -0.323 e. The molecule has 0 saturated carbocycles. The molecule has 1 aromatic rings. The van der Waals surface area contributed by atoms with Gasteiger partial charge in [-0.2, -0.15) is 13.2 Å². The van der Waals surface area contributed by atoms with Crippen LogP contribution in [0.5, 0.6) is 0 Å². The number of hydrogen-bond acceptors (Lipinski definition) is 4. The molecule has 9 heteroatoms. The zero-order valence-corrected chi connectivity index (χ0v) is 20.7. The molecule has 0 aliphatic carbocycles. The molecule has 194 valence electrons. The Balaban J connectivity index is 1.38. The first-order chi connectivity index (χ1) is 16.6. The zero-order chi connectivity index (χ0) is 25.2. The lowest BCUT2D eigenvalue weighted by atomic mass is 9.74. The molecular weight excluding hydrogens is 457 g/mol. The van der Waals surface area contributed by atoms with Gasteiger partial charge in [-0.1, -0.05) is 31.5 Å². The number of hydrogen-bond donors (Lipinski definition) is 1. The molecule has 4 rings (SSSR count). The maximum absolute atomic E-state index is 13.6. The molecule has 6 nitrogen and oxygen atoms in total. The van der Waals surface area contributed by atoms with Gasteiger partial charge >= 0.3 is 12.2 Å². The fourth-order valence-electron chi connectivity index (χ4n) is 6.20. The Labute approximate surface area is 205 Å². The number of rotatable bonds is 8. The van der Waals surface area contributed by atoms with Crippen LogP contribution in [0, 0.1) is 5.92 Å². The van der Waals surface area contributed by atoms with Gasteiger partial charge in [-0.25, -0.2) is 4.79 Å². The van der Waals surface area contributed by atoms with Gasteiger partial charge in [0.2, 0.25) is 0 Å². The van der Waals surface area contributed by atoms with Crippen molar-refractivity contribution >= 4 is 11.9 Å². The highest BCUT2D eigenvalue weighted by molar-refractivity contribution is 6.07. The van der Waals surface area contributed by atoms with E-state index in [1.54, 1.807) is 6.07 Å². The van der Waals surface area contributed by atoms with Crippen molar-refractivity contribution in [3.8, 4) is 0 Å². The van der Waals surface area contributed by atoms with E-state index in [-0.39, 0.29) is 17.9 Å². The molecule has 3 saturated heterocycles. The third-order valence-electron chi connectivity index (χ3n) is 8.15. The number of nitrogens with zero attached hydrogens (tertiary/aromatic N) is 3. The highest BCUT2D eigenvalue weighted by Crippen LogP contribution is 2.38. The average Bonchev–Trinajstić information content (AvgIpc) is 3.33. The summed E-state index contributed by atoms with van der Waals surface area (Å²) >= 11 is 0.